The zero-order valence-electron chi connectivity index (χ0n) is 22.7. The van der Waals surface area contributed by atoms with Crippen LogP contribution in [0.1, 0.15) is 55.8 Å². The van der Waals surface area contributed by atoms with E-state index >= 15 is 0 Å². The first kappa shape index (κ1) is 27.3. The topological polar surface area (TPSA) is 89.0 Å². The second-order valence-electron chi connectivity index (χ2n) is 10.4. The largest absolute Gasteiger partial charge is 0.507 e. The molecule has 0 aliphatic carbocycles. The van der Waals surface area contributed by atoms with Gasteiger partial charge in [-0.3, -0.25) is 14.5 Å². The molecule has 41 heavy (non-hydrogen) atoms. The fourth-order valence-corrected chi connectivity index (χ4v) is 6.62. The molecule has 0 radical (unpaired) electrons. The first-order valence-electron chi connectivity index (χ1n) is 13.7. The van der Waals surface area contributed by atoms with Crippen LogP contribution in [0, 0.1) is 0 Å². The number of benzene rings is 3. The van der Waals surface area contributed by atoms with E-state index in [4.69, 9.17) is 21.1 Å². The van der Waals surface area contributed by atoms with Gasteiger partial charge < -0.3 is 14.6 Å². The highest BCUT2D eigenvalue weighted by molar-refractivity contribution is 7.22. The number of carbonyl (C=O) groups excluding carboxylic acids is 2. The van der Waals surface area contributed by atoms with Crippen molar-refractivity contribution in [1.82, 2.24) is 4.98 Å². The molecular formula is C32H29ClN2O5S. The lowest BCUT2D eigenvalue weighted by Crippen LogP contribution is -2.29. The molecule has 2 aliphatic heterocycles. The molecular weight excluding hydrogens is 560 g/mol. The summed E-state index contributed by atoms with van der Waals surface area (Å²) in [6.07, 6.45) is 3.89. The Bertz CT molecular complexity index is 1680. The van der Waals surface area contributed by atoms with Gasteiger partial charge in [-0.05, 0) is 73.0 Å². The van der Waals surface area contributed by atoms with Crippen LogP contribution in [0.3, 0.4) is 0 Å². The van der Waals surface area contributed by atoms with Crippen molar-refractivity contribution in [3.8, 4) is 11.5 Å². The van der Waals surface area contributed by atoms with E-state index in [0.717, 1.165) is 35.3 Å². The van der Waals surface area contributed by atoms with Crippen molar-refractivity contribution < 1.29 is 24.2 Å². The summed E-state index contributed by atoms with van der Waals surface area (Å²) in [5.41, 5.74) is 2.73. The molecule has 6 rings (SSSR count). The first-order chi connectivity index (χ1) is 19.8. The maximum Gasteiger partial charge on any atom is 0.301 e. The van der Waals surface area contributed by atoms with E-state index in [2.05, 4.69) is 11.9 Å². The molecule has 210 valence electrons. The third-order valence-corrected chi connectivity index (χ3v) is 8.62. The van der Waals surface area contributed by atoms with Crippen LogP contribution < -0.4 is 14.4 Å². The van der Waals surface area contributed by atoms with Gasteiger partial charge in [0.15, 0.2) is 5.13 Å². The molecule has 7 nitrogen and oxygen atoms in total. The monoisotopic (exact) mass is 588 g/mol. The molecule has 1 N–H and O–H groups in total. The lowest BCUT2D eigenvalue weighted by molar-refractivity contribution is -0.132. The van der Waals surface area contributed by atoms with Gasteiger partial charge in [0.1, 0.15) is 23.4 Å². The van der Waals surface area contributed by atoms with Crippen LogP contribution in [0.15, 0.2) is 66.2 Å². The number of aromatic nitrogens is 1. The number of carbonyl (C=O) groups is 2. The zero-order chi connectivity index (χ0) is 28.7. The normalized spacial score (nSPS) is 19.5. The van der Waals surface area contributed by atoms with Crippen molar-refractivity contribution in [2.24, 2.45) is 0 Å². The standard InChI is InChI=1S/C32H29ClN2O5S/c1-3-4-5-14-39-23-10-6-19(7-11-23)28-27(29(36)20-8-13-25-21(16-20)15-18(2)40-25)30(37)31(38)35(28)32-34-24-12-9-22(33)17-26(24)41-32/h6-13,16-18,28,36H,3-5,14-15H2,1-2H3/b29-27+. The Balaban J connectivity index is 1.44. The molecule has 1 amide bonds. The van der Waals surface area contributed by atoms with Gasteiger partial charge in [-0.25, -0.2) is 4.98 Å². The van der Waals surface area contributed by atoms with E-state index in [1.807, 2.05) is 37.3 Å². The number of thiazole rings is 1. The zero-order valence-corrected chi connectivity index (χ0v) is 24.3. The number of rotatable bonds is 8. The second kappa shape index (κ2) is 11.2. The molecule has 0 spiro atoms. The second-order valence-corrected chi connectivity index (χ2v) is 11.8. The number of ketones is 1. The number of anilines is 1. The summed E-state index contributed by atoms with van der Waals surface area (Å²) in [6, 6.07) is 17.0. The van der Waals surface area contributed by atoms with E-state index in [1.165, 1.54) is 16.2 Å². The fourth-order valence-electron chi connectivity index (χ4n) is 5.35. The minimum Gasteiger partial charge on any atom is -0.507 e. The molecule has 2 atom stereocenters. The van der Waals surface area contributed by atoms with Gasteiger partial charge in [-0.1, -0.05) is 54.8 Å². The number of halogens is 1. The molecule has 1 saturated heterocycles. The van der Waals surface area contributed by atoms with Gasteiger partial charge in [0, 0.05) is 17.0 Å². The number of ether oxygens (including phenoxy) is 2. The van der Waals surface area contributed by atoms with Crippen LogP contribution in [0.25, 0.3) is 16.0 Å². The summed E-state index contributed by atoms with van der Waals surface area (Å²) in [5.74, 6) is -0.297. The van der Waals surface area contributed by atoms with Crippen molar-refractivity contribution in [2.45, 2.75) is 51.7 Å². The molecule has 2 aliphatic rings. The molecule has 0 saturated carbocycles. The highest BCUT2D eigenvalue weighted by Gasteiger charge is 2.48. The highest BCUT2D eigenvalue weighted by atomic mass is 35.5. The van der Waals surface area contributed by atoms with E-state index in [-0.39, 0.29) is 17.4 Å². The molecule has 4 aromatic rings. The summed E-state index contributed by atoms with van der Waals surface area (Å²) < 4.78 is 12.5. The minimum absolute atomic E-state index is 0.0100. The average Bonchev–Trinajstić information content (AvgIpc) is 3.63. The van der Waals surface area contributed by atoms with E-state index in [1.54, 1.807) is 30.3 Å². The third kappa shape index (κ3) is 5.18. The molecule has 9 heteroatoms. The van der Waals surface area contributed by atoms with Crippen molar-refractivity contribution in [2.75, 3.05) is 11.5 Å². The molecule has 1 aromatic heterocycles. The lowest BCUT2D eigenvalue weighted by atomic mass is 9.94. The number of nitrogens with zero attached hydrogens (tertiary/aromatic N) is 2. The quantitative estimate of drug-likeness (QED) is 0.0994. The Morgan fingerprint density at radius 1 is 1.12 bits per heavy atom. The van der Waals surface area contributed by atoms with E-state index in [0.29, 0.717) is 45.6 Å². The SMILES string of the molecule is CCCCCOc1ccc(C2/C(=C(\O)c3ccc4c(c3)CC(C)O4)C(=O)C(=O)N2c2nc3ccc(Cl)cc3s2)cc1. The lowest BCUT2D eigenvalue weighted by Gasteiger charge is -2.23. The van der Waals surface area contributed by atoms with Gasteiger partial charge in [0.25, 0.3) is 5.78 Å². The van der Waals surface area contributed by atoms with Crippen LogP contribution in [0.4, 0.5) is 5.13 Å². The van der Waals surface area contributed by atoms with Crippen LogP contribution in [-0.2, 0) is 16.0 Å². The molecule has 2 unspecified atom stereocenters. The fraction of sp³-hybridized carbons (Fsp3) is 0.281. The summed E-state index contributed by atoms with van der Waals surface area (Å²) in [4.78, 5) is 33.3. The number of hydrogen-bond donors (Lipinski definition) is 1. The Kier molecular flexibility index (Phi) is 7.45. The van der Waals surface area contributed by atoms with Gasteiger partial charge in [-0.15, -0.1) is 0 Å². The molecule has 3 heterocycles. The maximum absolute atomic E-state index is 13.6. The molecule has 1 fully saturated rings. The van der Waals surface area contributed by atoms with Gasteiger partial charge in [-0.2, -0.15) is 0 Å². The van der Waals surface area contributed by atoms with Gasteiger partial charge in [0.2, 0.25) is 0 Å². The number of Topliss-reactive ketones (excluding diaryl/α,β-unsaturated/α-hetero) is 1. The minimum atomic E-state index is -0.886. The average molecular weight is 589 g/mol. The Morgan fingerprint density at radius 3 is 2.71 bits per heavy atom. The molecule has 0 bridgehead atoms. The summed E-state index contributed by atoms with van der Waals surface area (Å²) >= 11 is 7.47. The number of amides is 1. The number of aliphatic hydroxyl groups is 1. The summed E-state index contributed by atoms with van der Waals surface area (Å²) in [5, 5.41) is 12.5. The van der Waals surface area contributed by atoms with Crippen LogP contribution in [0.5, 0.6) is 11.5 Å². The number of hydrogen-bond acceptors (Lipinski definition) is 7. The highest BCUT2D eigenvalue weighted by Crippen LogP contribution is 2.45. The van der Waals surface area contributed by atoms with Crippen LogP contribution in [-0.4, -0.2) is 34.5 Å². The van der Waals surface area contributed by atoms with Gasteiger partial charge in [0.05, 0.1) is 28.4 Å². The summed E-state index contributed by atoms with van der Waals surface area (Å²) in [6.45, 7) is 4.73. The predicted molar refractivity (Wildman–Crippen MR) is 161 cm³/mol. The van der Waals surface area contributed by atoms with Crippen LogP contribution in [0.2, 0.25) is 5.02 Å². The Hall–Kier alpha value is -3.88. The Labute approximate surface area is 247 Å². The summed E-state index contributed by atoms with van der Waals surface area (Å²) in [7, 11) is 0. The van der Waals surface area contributed by atoms with E-state index in [9.17, 15) is 14.7 Å². The van der Waals surface area contributed by atoms with Crippen molar-refractivity contribution in [3.05, 3.63) is 87.9 Å². The predicted octanol–water partition coefficient (Wildman–Crippen LogP) is 7.47. The Morgan fingerprint density at radius 2 is 1.93 bits per heavy atom. The van der Waals surface area contributed by atoms with Crippen molar-refractivity contribution in [3.63, 3.8) is 0 Å². The number of unbranched alkanes of at least 4 members (excludes halogenated alkanes) is 2. The van der Waals surface area contributed by atoms with Crippen LogP contribution >= 0.6 is 22.9 Å². The van der Waals surface area contributed by atoms with Gasteiger partial charge >= 0.3 is 5.91 Å². The van der Waals surface area contributed by atoms with Crippen molar-refractivity contribution >= 4 is 55.7 Å². The first-order valence-corrected chi connectivity index (χ1v) is 14.9. The molecule has 3 aromatic carbocycles. The third-order valence-electron chi connectivity index (χ3n) is 7.37. The van der Waals surface area contributed by atoms with Crippen molar-refractivity contribution in [1.29, 1.82) is 0 Å². The number of fused-ring (bicyclic) bond motifs is 2. The maximum atomic E-state index is 13.6. The van der Waals surface area contributed by atoms with E-state index < -0.39 is 17.7 Å². The number of aliphatic hydroxyl groups excluding tert-OH is 1. The smallest absolute Gasteiger partial charge is 0.301 e.